The van der Waals surface area contributed by atoms with Crippen LogP contribution in [-0.4, -0.2) is 15.3 Å². The van der Waals surface area contributed by atoms with Crippen molar-refractivity contribution in [1.82, 2.24) is 9.55 Å². The smallest absolute Gasteiger partial charge is 0.313 e. The van der Waals surface area contributed by atoms with E-state index in [2.05, 4.69) is 30.0 Å². The Morgan fingerprint density at radius 1 is 1.00 bits per heavy atom. The number of anilines is 1. The second-order valence-corrected chi connectivity index (χ2v) is 10.5. The molecule has 0 spiro atoms. The topological polar surface area (TPSA) is 38.1 Å². The van der Waals surface area contributed by atoms with Gasteiger partial charge in [-0.3, -0.25) is 9.36 Å². The normalized spacial score (nSPS) is 17.4. The number of hydrogen-bond acceptors (Lipinski definition) is 3. The van der Waals surface area contributed by atoms with Crippen LogP contribution < -0.4 is 4.90 Å². The molecule has 0 saturated carbocycles. The van der Waals surface area contributed by atoms with E-state index in [1.165, 1.54) is 19.1 Å². The summed E-state index contributed by atoms with van der Waals surface area (Å²) in [5.41, 5.74) is 4.07. The maximum atomic E-state index is 13.9. The van der Waals surface area contributed by atoms with Gasteiger partial charge in [-0.2, -0.15) is 13.2 Å². The van der Waals surface area contributed by atoms with E-state index in [0.29, 0.717) is 28.3 Å². The summed E-state index contributed by atoms with van der Waals surface area (Å²) in [7, 11) is 0. The fourth-order valence-electron chi connectivity index (χ4n) is 5.17. The van der Waals surface area contributed by atoms with Gasteiger partial charge in [-0.25, -0.2) is 13.8 Å². The molecule has 2 heterocycles. The van der Waals surface area contributed by atoms with Crippen LogP contribution in [0.2, 0.25) is 0 Å². The minimum Gasteiger partial charge on any atom is -0.313 e. The summed E-state index contributed by atoms with van der Waals surface area (Å²) in [6.07, 6.45) is 0.951. The van der Waals surface area contributed by atoms with E-state index in [-0.39, 0.29) is 11.1 Å². The highest BCUT2D eigenvalue weighted by atomic mass is 19.4. The Labute approximate surface area is 251 Å². The van der Waals surface area contributed by atoms with E-state index in [0.717, 1.165) is 21.8 Å². The van der Waals surface area contributed by atoms with Gasteiger partial charge in [0, 0.05) is 22.8 Å². The Balaban J connectivity index is 0.000000296. The molecule has 4 nitrogen and oxygen atoms in total. The highest BCUT2D eigenvalue weighted by Crippen LogP contribution is 2.51. The van der Waals surface area contributed by atoms with Crippen LogP contribution in [0.5, 0.6) is 0 Å². The molecule has 0 radical (unpaired) electrons. The lowest BCUT2D eigenvalue weighted by Gasteiger charge is -2.24. The van der Waals surface area contributed by atoms with Gasteiger partial charge in [0.1, 0.15) is 0 Å². The van der Waals surface area contributed by atoms with E-state index < -0.39 is 34.8 Å². The standard InChI is InChI=1S/C27H20F3N3.C8H6F2O/c1-17-9-11-20(12-10-17)33-24-14-13-21(16-23(24)31-25(33)27(28,29)30)32-18(2)22-8-6-5-7-15-26(22,4)19(32)3;1-5(11)6-3-2-4-7(9)8(6)10/h5-6,8-14,16H,2-3H2,1,4H3;2-4H,1H3. The fourth-order valence-corrected chi connectivity index (χ4v) is 5.17. The van der Waals surface area contributed by atoms with E-state index in [1.807, 2.05) is 30.9 Å². The summed E-state index contributed by atoms with van der Waals surface area (Å²) >= 11 is 0. The molecule has 0 N–H and O–H groups in total. The minimum absolute atomic E-state index is 0.204. The number of alkyl halides is 3. The van der Waals surface area contributed by atoms with E-state index in [9.17, 15) is 26.7 Å². The molecule has 1 fully saturated rings. The van der Waals surface area contributed by atoms with E-state index >= 15 is 0 Å². The summed E-state index contributed by atoms with van der Waals surface area (Å²) in [5, 5.41) is 0. The molecule has 3 aromatic carbocycles. The van der Waals surface area contributed by atoms with Crippen molar-refractivity contribution in [1.29, 1.82) is 0 Å². The molecule has 1 atom stereocenters. The highest BCUT2D eigenvalue weighted by Gasteiger charge is 2.44. The molecule has 1 aliphatic heterocycles. The molecular formula is C35H26F5N3O. The van der Waals surface area contributed by atoms with Crippen LogP contribution in [0.1, 0.15) is 35.6 Å². The average Bonchev–Trinajstić information content (AvgIpc) is 3.34. The predicted octanol–water partition coefficient (Wildman–Crippen LogP) is 8.87. The molecule has 44 heavy (non-hydrogen) atoms. The van der Waals surface area contributed by atoms with Crippen LogP contribution in [0.4, 0.5) is 27.6 Å². The van der Waals surface area contributed by atoms with Crippen LogP contribution >= 0.6 is 0 Å². The lowest BCUT2D eigenvalue weighted by Crippen LogP contribution is -2.19. The lowest BCUT2D eigenvalue weighted by molar-refractivity contribution is -0.145. The van der Waals surface area contributed by atoms with Gasteiger partial charge < -0.3 is 4.90 Å². The van der Waals surface area contributed by atoms with E-state index in [4.69, 9.17) is 0 Å². The zero-order chi connectivity index (χ0) is 32.0. The van der Waals surface area contributed by atoms with Gasteiger partial charge in [0.2, 0.25) is 5.82 Å². The predicted molar refractivity (Wildman–Crippen MR) is 161 cm³/mol. The number of carbonyl (C=O) groups excluding carboxylic acids is 1. The van der Waals surface area contributed by atoms with Gasteiger partial charge in [-0.05, 0) is 74.9 Å². The molecule has 0 amide bonds. The molecule has 1 aliphatic carbocycles. The van der Waals surface area contributed by atoms with Crippen molar-refractivity contribution < 1.29 is 26.7 Å². The number of fused-ring (bicyclic) bond motifs is 2. The lowest BCUT2D eigenvalue weighted by atomic mass is 9.82. The number of hydrogen-bond donors (Lipinski definition) is 0. The maximum absolute atomic E-state index is 13.9. The first kappa shape index (κ1) is 30.2. The van der Waals surface area contributed by atoms with Crippen LogP contribution in [0.25, 0.3) is 16.7 Å². The van der Waals surface area contributed by atoms with Gasteiger partial charge in [-0.1, -0.05) is 60.9 Å². The molecular weight excluding hydrogens is 573 g/mol. The second kappa shape index (κ2) is 11.1. The number of aromatic nitrogens is 2. The molecule has 1 saturated heterocycles. The highest BCUT2D eigenvalue weighted by molar-refractivity contribution is 5.94. The van der Waals surface area contributed by atoms with Gasteiger partial charge in [0.15, 0.2) is 17.4 Å². The molecule has 6 rings (SSSR count). The van der Waals surface area contributed by atoms with Crippen LogP contribution in [0.15, 0.2) is 109 Å². The van der Waals surface area contributed by atoms with E-state index in [1.54, 1.807) is 48.5 Å². The number of imidazole rings is 1. The van der Waals surface area contributed by atoms with Crippen LogP contribution in [0.3, 0.4) is 0 Å². The number of Topliss-reactive ketones (excluding diaryl/α,β-unsaturated/α-hetero) is 1. The van der Waals surface area contributed by atoms with Crippen molar-refractivity contribution in [2.45, 2.75) is 26.9 Å². The van der Waals surface area contributed by atoms with Gasteiger partial charge in [0.05, 0.1) is 22.0 Å². The Kier molecular flexibility index (Phi) is 7.64. The number of rotatable bonds is 3. The van der Waals surface area contributed by atoms with Gasteiger partial charge in [0.25, 0.3) is 0 Å². The van der Waals surface area contributed by atoms with Gasteiger partial charge in [-0.15, -0.1) is 0 Å². The Bertz CT molecular complexity index is 1970. The van der Waals surface area contributed by atoms with Crippen molar-refractivity contribution in [3.63, 3.8) is 0 Å². The summed E-state index contributed by atoms with van der Waals surface area (Å²) in [6.45, 7) is 13.5. The fraction of sp³-hybridized carbons (Fsp3) is 0.143. The molecule has 0 bridgehead atoms. The molecule has 9 heteroatoms. The Morgan fingerprint density at radius 3 is 2.32 bits per heavy atom. The third-order valence-corrected chi connectivity index (χ3v) is 7.50. The number of allylic oxidation sites excluding steroid dienone is 5. The number of ketones is 1. The van der Waals surface area contributed by atoms with Crippen LogP contribution in [-0.2, 0) is 6.18 Å². The Hall–Kier alpha value is -5.23. The molecule has 222 valence electrons. The molecule has 4 aromatic rings. The zero-order valence-corrected chi connectivity index (χ0v) is 24.1. The van der Waals surface area contributed by atoms with Gasteiger partial charge >= 0.3 is 6.18 Å². The molecule has 1 aromatic heterocycles. The largest absolute Gasteiger partial charge is 0.450 e. The van der Waals surface area contributed by atoms with Crippen molar-refractivity contribution >= 4 is 22.5 Å². The number of nitrogens with zero attached hydrogens (tertiary/aromatic N) is 3. The summed E-state index contributed by atoms with van der Waals surface area (Å²) in [6, 6.07) is 15.5. The molecule has 2 aliphatic rings. The zero-order valence-electron chi connectivity index (χ0n) is 24.1. The third kappa shape index (κ3) is 5.24. The minimum atomic E-state index is -4.61. The number of carbonyl (C=O) groups is 1. The monoisotopic (exact) mass is 599 g/mol. The number of halogens is 5. The van der Waals surface area contributed by atoms with Crippen LogP contribution in [0, 0.1) is 35.8 Å². The number of aryl methyl sites for hydroxylation is 1. The summed E-state index contributed by atoms with van der Waals surface area (Å²) in [5.74, 6) is 2.74. The van der Waals surface area contributed by atoms with Crippen molar-refractivity contribution in [2.75, 3.05) is 4.90 Å². The van der Waals surface area contributed by atoms with Crippen molar-refractivity contribution in [3.05, 3.63) is 138 Å². The molecule has 1 unspecified atom stereocenters. The second-order valence-electron chi connectivity index (χ2n) is 10.5. The summed E-state index contributed by atoms with van der Waals surface area (Å²) < 4.78 is 68.0. The van der Waals surface area contributed by atoms with Crippen molar-refractivity contribution in [3.8, 4) is 17.5 Å². The Morgan fingerprint density at radius 2 is 1.68 bits per heavy atom. The average molecular weight is 600 g/mol. The first-order valence-electron chi connectivity index (χ1n) is 13.4. The first-order valence-corrected chi connectivity index (χ1v) is 13.4. The van der Waals surface area contributed by atoms with Crippen molar-refractivity contribution in [2.24, 2.45) is 5.41 Å². The number of benzene rings is 3. The third-order valence-electron chi connectivity index (χ3n) is 7.50. The summed E-state index contributed by atoms with van der Waals surface area (Å²) in [4.78, 5) is 16.4. The maximum Gasteiger partial charge on any atom is 0.450 e. The quantitative estimate of drug-likeness (QED) is 0.134. The SMILES string of the molecule is C=C1C2=CC=CC#CC2(C)C(=C)N1c1ccc2c(c1)nc(C(F)(F)F)n2-c1ccc(C)cc1.CC(=O)c1cccc(F)c1F. The first-order chi connectivity index (χ1) is 20.7.